The highest BCUT2D eigenvalue weighted by Gasteiger charge is 2.23. The second-order valence-corrected chi connectivity index (χ2v) is 9.74. The number of benzene rings is 1. The number of carbonyl (C=O) groups excluding carboxylic acids is 1. The quantitative estimate of drug-likeness (QED) is 0.563. The minimum absolute atomic E-state index is 0.0117. The molecule has 0 N–H and O–H groups in total. The highest BCUT2D eigenvalue weighted by atomic mass is 32.2. The van der Waals surface area contributed by atoms with Crippen molar-refractivity contribution < 1.29 is 4.79 Å². The number of fused-ring (bicyclic) bond motifs is 2. The van der Waals surface area contributed by atoms with E-state index in [4.69, 9.17) is 4.98 Å². The van der Waals surface area contributed by atoms with Gasteiger partial charge in [-0.3, -0.25) is 4.79 Å². The van der Waals surface area contributed by atoms with Gasteiger partial charge in [-0.05, 0) is 56.4 Å². The molecule has 1 amide bonds. The Morgan fingerprint density at radius 2 is 2.10 bits per heavy atom. The van der Waals surface area contributed by atoms with Crippen LogP contribution in [0.3, 0.4) is 0 Å². The minimum atomic E-state index is -0.324. The molecule has 0 spiro atoms. The fraction of sp³-hybridized carbons (Fsp3) is 0.364. The van der Waals surface area contributed by atoms with Gasteiger partial charge in [-0.1, -0.05) is 23.9 Å². The molecule has 29 heavy (non-hydrogen) atoms. The van der Waals surface area contributed by atoms with Crippen LogP contribution in [0.5, 0.6) is 0 Å². The Morgan fingerprint density at radius 3 is 2.90 bits per heavy atom. The average molecular weight is 423 g/mol. The zero-order valence-corrected chi connectivity index (χ0v) is 18.1. The number of thioether (sulfide) groups is 1. The van der Waals surface area contributed by atoms with E-state index in [2.05, 4.69) is 11.1 Å². The Labute approximate surface area is 178 Å². The second-order valence-electron chi connectivity index (χ2n) is 7.30. The summed E-state index contributed by atoms with van der Waals surface area (Å²) in [6.07, 6.45) is 4.22. The van der Waals surface area contributed by atoms with Crippen molar-refractivity contribution in [3.63, 3.8) is 0 Å². The molecule has 0 radical (unpaired) electrons. The lowest BCUT2D eigenvalue weighted by Gasteiger charge is -2.21. The number of carbonyl (C=O) groups is 1. The van der Waals surface area contributed by atoms with Crippen molar-refractivity contribution >= 4 is 39.2 Å². The number of nitrogens with zero attached hydrogens (tertiary/aromatic N) is 4. The summed E-state index contributed by atoms with van der Waals surface area (Å²) in [7, 11) is 1.80. The van der Waals surface area contributed by atoms with E-state index in [1.807, 2.05) is 37.3 Å². The van der Waals surface area contributed by atoms with Crippen molar-refractivity contribution in [2.45, 2.75) is 49.4 Å². The summed E-state index contributed by atoms with van der Waals surface area (Å²) in [5.74, 6) is 0.0117. The molecule has 1 unspecified atom stereocenters. The van der Waals surface area contributed by atoms with Gasteiger partial charge >= 0.3 is 0 Å². The fourth-order valence-electron chi connectivity index (χ4n) is 3.58. The smallest absolute Gasteiger partial charge is 0.235 e. The fourth-order valence-corrected chi connectivity index (χ4v) is 5.61. The third-order valence-corrected chi connectivity index (χ3v) is 7.22. The molecule has 0 saturated heterocycles. The van der Waals surface area contributed by atoms with E-state index in [9.17, 15) is 10.1 Å². The van der Waals surface area contributed by atoms with E-state index in [1.54, 1.807) is 23.3 Å². The topological polar surface area (TPSA) is 69.9 Å². The number of rotatable bonds is 5. The van der Waals surface area contributed by atoms with E-state index in [1.165, 1.54) is 17.3 Å². The largest absolute Gasteiger partial charge is 0.338 e. The molecular formula is C22H22N4OS2. The summed E-state index contributed by atoms with van der Waals surface area (Å²) in [6, 6.07) is 12.2. The molecule has 2 aromatic heterocycles. The highest BCUT2D eigenvalue weighted by molar-refractivity contribution is 8.00. The molecule has 1 aliphatic carbocycles. The molecule has 1 atom stereocenters. The number of aromatic nitrogens is 2. The lowest BCUT2D eigenvalue weighted by Crippen LogP contribution is -2.32. The van der Waals surface area contributed by atoms with Crippen LogP contribution in [0, 0.1) is 11.3 Å². The van der Waals surface area contributed by atoms with E-state index in [-0.39, 0.29) is 11.2 Å². The number of aryl methyl sites for hydroxylation is 2. The van der Waals surface area contributed by atoms with Gasteiger partial charge in [0.15, 0.2) is 0 Å². The van der Waals surface area contributed by atoms with Gasteiger partial charge in [0.2, 0.25) is 5.91 Å². The molecule has 0 fully saturated rings. The number of thiazole rings is 1. The summed E-state index contributed by atoms with van der Waals surface area (Å²) < 4.78 is 1.13. The van der Waals surface area contributed by atoms with Crippen molar-refractivity contribution in [1.82, 2.24) is 14.9 Å². The lowest BCUT2D eigenvalue weighted by atomic mass is 9.95. The lowest BCUT2D eigenvalue weighted by molar-refractivity contribution is -0.129. The van der Waals surface area contributed by atoms with Gasteiger partial charge in [0, 0.05) is 12.7 Å². The molecule has 4 rings (SSSR count). The van der Waals surface area contributed by atoms with Gasteiger partial charge in [0.25, 0.3) is 0 Å². The molecule has 7 heteroatoms. The van der Waals surface area contributed by atoms with Gasteiger partial charge in [-0.25, -0.2) is 9.97 Å². The van der Waals surface area contributed by atoms with E-state index >= 15 is 0 Å². The SMILES string of the molecule is CC(Sc1nc2c(cc1C#N)CCCC2)C(=O)N(C)Cc1nc2ccccc2s1. The first-order valence-electron chi connectivity index (χ1n) is 9.74. The first kappa shape index (κ1) is 19.9. The minimum Gasteiger partial charge on any atom is -0.338 e. The number of para-hydroxylation sites is 1. The van der Waals surface area contributed by atoms with Gasteiger partial charge in [0.1, 0.15) is 16.1 Å². The maximum absolute atomic E-state index is 12.9. The summed E-state index contributed by atoms with van der Waals surface area (Å²) in [5, 5.41) is 10.8. The zero-order chi connectivity index (χ0) is 20.4. The first-order valence-corrected chi connectivity index (χ1v) is 11.4. The maximum atomic E-state index is 12.9. The molecule has 5 nitrogen and oxygen atoms in total. The van der Waals surface area contributed by atoms with Crippen molar-refractivity contribution in [1.29, 1.82) is 5.26 Å². The van der Waals surface area contributed by atoms with Crippen LogP contribution in [0.25, 0.3) is 10.2 Å². The monoisotopic (exact) mass is 422 g/mol. The molecule has 2 heterocycles. The van der Waals surface area contributed by atoms with E-state index in [0.717, 1.165) is 46.6 Å². The maximum Gasteiger partial charge on any atom is 0.235 e. The summed E-state index contributed by atoms with van der Waals surface area (Å²) in [6.45, 7) is 2.36. The number of hydrogen-bond donors (Lipinski definition) is 0. The molecule has 0 bridgehead atoms. The number of pyridine rings is 1. The van der Waals surface area contributed by atoms with Crippen LogP contribution in [0.2, 0.25) is 0 Å². The summed E-state index contributed by atoms with van der Waals surface area (Å²) in [4.78, 5) is 24.0. The molecule has 1 aliphatic rings. The van der Waals surface area contributed by atoms with Crippen LogP contribution in [-0.2, 0) is 24.2 Å². The Bertz CT molecular complexity index is 1070. The van der Waals surface area contributed by atoms with Crippen LogP contribution in [0.1, 0.15) is 41.6 Å². The molecule has 0 saturated carbocycles. The van der Waals surface area contributed by atoms with Crippen molar-refractivity contribution in [2.24, 2.45) is 0 Å². The summed E-state index contributed by atoms with van der Waals surface area (Å²) >= 11 is 2.99. The van der Waals surface area contributed by atoms with Gasteiger partial charge in [-0.2, -0.15) is 5.26 Å². The average Bonchev–Trinajstić information content (AvgIpc) is 3.14. The Hall–Kier alpha value is -2.43. The van der Waals surface area contributed by atoms with Crippen molar-refractivity contribution in [3.05, 3.63) is 52.2 Å². The highest BCUT2D eigenvalue weighted by Crippen LogP contribution is 2.30. The zero-order valence-electron chi connectivity index (χ0n) is 16.5. The van der Waals surface area contributed by atoms with Gasteiger partial charge < -0.3 is 4.90 Å². The first-order chi connectivity index (χ1) is 14.0. The second kappa shape index (κ2) is 8.52. The number of amides is 1. The predicted molar refractivity (Wildman–Crippen MR) is 117 cm³/mol. The van der Waals surface area contributed by atoms with E-state index < -0.39 is 0 Å². The number of nitriles is 1. The third-order valence-electron chi connectivity index (χ3n) is 5.11. The Balaban J connectivity index is 1.47. The van der Waals surface area contributed by atoms with Crippen LogP contribution in [-0.4, -0.2) is 33.1 Å². The van der Waals surface area contributed by atoms with Crippen molar-refractivity contribution in [3.8, 4) is 6.07 Å². The Morgan fingerprint density at radius 1 is 1.31 bits per heavy atom. The van der Waals surface area contributed by atoms with Crippen molar-refractivity contribution in [2.75, 3.05) is 7.05 Å². The van der Waals surface area contributed by atoms with Crippen LogP contribution < -0.4 is 0 Å². The van der Waals surface area contributed by atoms with Crippen LogP contribution in [0.15, 0.2) is 35.4 Å². The molecular weight excluding hydrogens is 400 g/mol. The molecule has 0 aliphatic heterocycles. The molecule has 1 aromatic carbocycles. The van der Waals surface area contributed by atoms with Crippen LogP contribution in [0.4, 0.5) is 0 Å². The van der Waals surface area contributed by atoms with Crippen LogP contribution >= 0.6 is 23.1 Å². The normalized spacial score (nSPS) is 14.2. The third kappa shape index (κ3) is 4.29. The Kier molecular flexibility index (Phi) is 5.84. The number of hydrogen-bond acceptors (Lipinski definition) is 6. The van der Waals surface area contributed by atoms with Gasteiger partial charge in [0.05, 0.1) is 27.6 Å². The molecule has 3 aromatic rings. The summed E-state index contributed by atoms with van der Waals surface area (Å²) in [5.41, 5.74) is 3.81. The molecule has 148 valence electrons. The van der Waals surface area contributed by atoms with Gasteiger partial charge in [-0.15, -0.1) is 11.3 Å². The predicted octanol–water partition coefficient (Wildman–Crippen LogP) is 4.58. The van der Waals surface area contributed by atoms with E-state index in [0.29, 0.717) is 17.1 Å². The standard InChI is InChI=1S/C22H22N4OS2/c1-14(28-21-16(12-23)11-15-7-3-4-8-17(15)25-21)22(27)26(2)13-20-24-18-9-5-6-10-19(18)29-20/h5-6,9-11,14H,3-4,7-8,13H2,1-2H3.